The second-order valence-corrected chi connectivity index (χ2v) is 6.89. The molecule has 0 spiro atoms. The lowest BCUT2D eigenvalue weighted by Crippen LogP contribution is -2.31. The van der Waals surface area contributed by atoms with Crippen molar-refractivity contribution >= 4 is 22.8 Å². The van der Waals surface area contributed by atoms with Crippen LogP contribution < -0.4 is 16.0 Å². The van der Waals surface area contributed by atoms with Gasteiger partial charge in [0.25, 0.3) is 5.56 Å². The molecule has 0 saturated carbocycles. The Bertz CT molecular complexity index is 1100. The van der Waals surface area contributed by atoms with Gasteiger partial charge in [-0.25, -0.2) is 14.2 Å². The number of aromatic nitrogens is 4. The highest BCUT2D eigenvalue weighted by Gasteiger charge is 2.18. The molecule has 1 aromatic carbocycles. The van der Waals surface area contributed by atoms with Crippen LogP contribution in [0.5, 0.6) is 5.75 Å². The summed E-state index contributed by atoms with van der Waals surface area (Å²) in [6, 6.07) is 3.86. The van der Waals surface area contributed by atoms with Gasteiger partial charge in [0.1, 0.15) is 24.0 Å². The van der Waals surface area contributed by atoms with Crippen LogP contribution in [0.2, 0.25) is 5.02 Å². The van der Waals surface area contributed by atoms with Crippen molar-refractivity contribution in [1.29, 1.82) is 0 Å². The minimum atomic E-state index is -0.472. The van der Waals surface area contributed by atoms with Crippen LogP contribution in [-0.2, 0) is 19.7 Å². The van der Waals surface area contributed by atoms with Gasteiger partial charge in [-0.05, 0) is 31.0 Å². The predicted octanol–water partition coefficient (Wildman–Crippen LogP) is 3.47. The second-order valence-electron chi connectivity index (χ2n) is 6.48. The van der Waals surface area contributed by atoms with Gasteiger partial charge >= 0.3 is 5.69 Å². The molecule has 0 bridgehead atoms. The van der Waals surface area contributed by atoms with E-state index in [0.29, 0.717) is 35.8 Å². The van der Waals surface area contributed by atoms with Gasteiger partial charge in [-0.2, -0.15) is 0 Å². The van der Waals surface area contributed by atoms with Crippen LogP contribution in [0, 0.1) is 5.82 Å². The van der Waals surface area contributed by atoms with Crippen molar-refractivity contribution in [2.75, 3.05) is 0 Å². The van der Waals surface area contributed by atoms with Crippen molar-refractivity contribution in [3.05, 3.63) is 55.7 Å². The van der Waals surface area contributed by atoms with E-state index in [-0.39, 0.29) is 11.6 Å². The summed E-state index contributed by atoms with van der Waals surface area (Å²) in [6.07, 6.45) is 2.46. The summed E-state index contributed by atoms with van der Waals surface area (Å²) >= 11 is 6.01. The number of benzene rings is 1. The Morgan fingerprint density at radius 3 is 2.64 bits per heavy atom. The first-order valence-corrected chi connectivity index (χ1v) is 9.64. The van der Waals surface area contributed by atoms with Gasteiger partial charge in [-0.15, -0.1) is 0 Å². The number of fused-ring (bicyclic) bond motifs is 1. The molecule has 3 rings (SSSR count). The van der Waals surface area contributed by atoms with Crippen molar-refractivity contribution in [3.8, 4) is 5.75 Å². The third-order valence-corrected chi connectivity index (χ3v) is 4.69. The van der Waals surface area contributed by atoms with Gasteiger partial charge in [-0.3, -0.25) is 14.3 Å². The normalized spacial score (nSPS) is 11.3. The number of hydrogen-bond donors (Lipinski definition) is 1. The fourth-order valence-corrected chi connectivity index (χ4v) is 3.27. The number of hydrogen-bond acceptors (Lipinski definition) is 4. The van der Waals surface area contributed by atoms with E-state index in [1.165, 1.54) is 22.8 Å². The fraction of sp³-hybridized carbons (Fsp3) is 0.421. The molecular weight excluding hydrogens is 387 g/mol. The van der Waals surface area contributed by atoms with Crippen LogP contribution in [0.4, 0.5) is 4.39 Å². The lowest BCUT2D eigenvalue weighted by Gasteiger charge is -2.10. The van der Waals surface area contributed by atoms with Gasteiger partial charge < -0.3 is 9.30 Å². The van der Waals surface area contributed by atoms with Gasteiger partial charge in [0.15, 0.2) is 11.2 Å². The molecule has 0 aliphatic rings. The number of ether oxygens (including phenoxy) is 1. The summed E-state index contributed by atoms with van der Waals surface area (Å²) in [5.41, 5.74) is -0.248. The molecule has 0 saturated heterocycles. The lowest BCUT2D eigenvalue weighted by atomic mass is 10.3. The first-order valence-electron chi connectivity index (χ1n) is 9.26. The maximum absolute atomic E-state index is 13.2. The molecule has 0 fully saturated rings. The molecule has 2 heterocycles. The molecular formula is C19H22ClFN4O3. The molecule has 28 heavy (non-hydrogen) atoms. The molecule has 7 nitrogen and oxygen atoms in total. The van der Waals surface area contributed by atoms with E-state index in [0.717, 1.165) is 19.3 Å². The van der Waals surface area contributed by atoms with E-state index >= 15 is 0 Å². The summed E-state index contributed by atoms with van der Waals surface area (Å²) in [4.78, 5) is 31.6. The molecule has 0 radical (unpaired) electrons. The second kappa shape index (κ2) is 8.60. The van der Waals surface area contributed by atoms with Gasteiger partial charge in [0.05, 0.1) is 5.02 Å². The van der Waals surface area contributed by atoms with Crippen LogP contribution in [0.1, 0.15) is 38.9 Å². The van der Waals surface area contributed by atoms with Crippen LogP contribution >= 0.6 is 11.6 Å². The zero-order valence-electron chi connectivity index (χ0n) is 15.8. The molecule has 3 aromatic rings. The van der Waals surface area contributed by atoms with Gasteiger partial charge in [0.2, 0.25) is 0 Å². The van der Waals surface area contributed by atoms with Crippen LogP contribution in [-0.4, -0.2) is 19.1 Å². The molecule has 1 N–H and O–H groups in total. The Kier molecular flexibility index (Phi) is 6.18. The smallest absolute Gasteiger partial charge is 0.330 e. The number of imidazole rings is 1. The minimum Gasteiger partial charge on any atom is -0.484 e. The average Bonchev–Trinajstić information content (AvgIpc) is 3.00. The zero-order valence-corrected chi connectivity index (χ0v) is 16.6. The number of nitrogens with zero attached hydrogens (tertiary/aromatic N) is 3. The maximum Gasteiger partial charge on any atom is 0.330 e. The summed E-state index contributed by atoms with van der Waals surface area (Å²) in [5.74, 6) is 0.357. The monoisotopic (exact) mass is 408 g/mol. The summed E-state index contributed by atoms with van der Waals surface area (Å²) < 4.78 is 22.2. The highest BCUT2D eigenvalue weighted by atomic mass is 35.5. The lowest BCUT2D eigenvalue weighted by molar-refractivity contribution is 0.289. The highest BCUT2D eigenvalue weighted by molar-refractivity contribution is 6.32. The summed E-state index contributed by atoms with van der Waals surface area (Å²) in [7, 11) is 0. The number of halogens is 2. The van der Waals surface area contributed by atoms with E-state index in [1.54, 1.807) is 4.57 Å². The van der Waals surface area contributed by atoms with Gasteiger partial charge in [0, 0.05) is 13.1 Å². The van der Waals surface area contributed by atoms with Crippen molar-refractivity contribution in [3.63, 3.8) is 0 Å². The van der Waals surface area contributed by atoms with E-state index in [1.807, 2.05) is 13.8 Å². The quantitative estimate of drug-likeness (QED) is 0.618. The van der Waals surface area contributed by atoms with E-state index in [4.69, 9.17) is 16.3 Å². The standard InChI is InChI=1S/C19H22ClFN4O3/c1-3-5-9-25-17-16(18(26)23-19(25)27)24(8-4-2)15(22-17)11-28-14-7-6-12(21)10-13(14)20/h6-7,10H,3-5,8-9,11H2,1-2H3,(H,23,26,27). The number of unbranched alkanes of at least 4 members (excludes halogenated alkanes) is 1. The number of nitrogens with one attached hydrogen (secondary N) is 1. The first kappa shape index (κ1) is 20.1. The Morgan fingerprint density at radius 1 is 1.18 bits per heavy atom. The van der Waals surface area contributed by atoms with Crippen molar-refractivity contribution < 1.29 is 9.13 Å². The summed E-state index contributed by atoms with van der Waals surface area (Å²) in [5, 5.41) is 0.149. The Labute approximate surface area is 165 Å². The Morgan fingerprint density at radius 2 is 1.96 bits per heavy atom. The van der Waals surface area contributed by atoms with Crippen LogP contribution in [0.25, 0.3) is 11.2 Å². The Balaban J connectivity index is 2.05. The van der Waals surface area contributed by atoms with Crippen LogP contribution in [0.3, 0.4) is 0 Å². The molecule has 0 unspecified atom stereocenters. The molecule has 0 aliphatic carbocycles. The number of aromatic amines is 1. The molecule has 0 aliphatic heterocycles. The largest absolute Gasteiger partial charge is 0.484 e. The van der Waals surface area contributed by atoms with E-state index in [2.05, 4.69) is 9.97 Å². The van der Waals surface area contributed by atoms with Crippen LogP contribution in [0.15, 0.2) is 27.8 Å². The molecule has 0 amide bonds. The van der Waals surface area contributed by atoms with E-state index < -0.39 is 17.1 Å². The fourth-order valence-electron chi connectivity index (χ4n) is 3.05. The molecule has 0 atom stereocenters. The van der Waals surface area contributed by atoms with Crippen molar-refractivity contribution in [2.45, 2.75) is 52.8 Å². The third-order valence-electron chi connectivity index (χ3n) is 4.40. The number of H-pyrrole nitrogens is 1. The van der Waals surface area contributed by atoms with E-state index in [9.17, 15) is 14.0 Å². The van der Waals surface area contributed by atoms with Gasteiger partial charge in [-0.1, -0.05) is 31.9 Å². The average molecular weight is 409 g/mol. The third kappa shape index (κ3) is 3.96. The Hall–Kier alpha value is -2.61. The zero-order chi connectivity index (χ0) is 20.3. The minimum absolute atomic E-state index is 0.0292. The molecule has 2 aromatic heterocycles. The molecule has 9 heteroatoms. The SMILES string of the molecule is CCCCn1c(=O)[nH]c(=O)c2c1nc(COc1ccc(F)cc1Cl)n2CCC. The number of aryl methyl sites for hydroxylation is 2. The first-order chi connectivity index (χ1) is 13.5. The maximum atomic E-state index is 13.2. The topological polar surface area (TPSA) is 81.9 Å². The predicted molar refractivity (Wildman–Crippen MR) is 106 cm³/mol. The highest BCUT2D eigenvalue weighted by Crippen LogP contribution is 2.26. The summed E-state index contributed by atoms with van der Waals surface area (Å²) in [6.45, 7) is 5.04. The number of rotatable bonds is 8. The molecule has 150 valence electrons. The van der Waals surface area contributed by atoms with Crippen molar-refractivity contribution in [1.82, 2.24) is 19.1 Å². The van der Waals surface area contributed by atoms with Crippen molar-refractivity contribution in [2.24, 2.45) is 0 Å².